The van der Waals surface area contributed by atoms with Crippen molar-refractivity contribution in [3.63, 3.8) is 0 Å². The fourth-order valence-electron chi connectivity index (χ4n) is 8.41. The molecule has 5 aliphatic rings. The zero-order chi connectivity index (χ0) is 67.5. The standard InChI is InChI=1S/C30H49N3O48S8/c34-11-5(31-83(44,45)46)1-65-7(3-67-87(56,57)58)17(11)71-30-22(78-89(62,63)64)16(39)21(24(76-30)26(42)43)74-28-10(33-85(50,51)52)19(77-79-80-81-82)18(8(70-28)4-68-88(59,60)61)72-29-15(38)14(37)20(23(75-29)25(40)41)73-27-9(32-84(47,48)49)13(36)12(35)6(69-27)2-66-86(53,54)55/h1,6-24,27-39,82H,2-4H2,(H,40,41)(H,42,43)(H,44,45,46)(H,47,48,49)(H,50,51,52)(H,53,54,55)(H,56,57,58)(H,59,60,61)(H,62,63,64)/t6-,7-,8-,9-,10-,11-,12-,13-,14-,15-,16+,17-,18-,19-,20+,21+,22-,23+,24-,27-,28-,29-,30-/m1/s1. The van der Waals surface area contributed by atoms with Gasteiger partial charge in [-0.25, -0.2) is 26.3 Å². The van der Waals surface area contributed by atoms with Gasteiger partial charge in [-0.05, 0) is 10.1 Å². The predicted octanol–water partition coefficient (Wildman–Crippen LogP) is -12.4. The summed E-state index contributed by atoms with van der Waals surface area (Å²) in [6.07, 6.45) is -58.5. The lowest BCUT2D eigenvalue weighted by molar-refractivity contribution is -0.620. The van der Waals surface area contributed by atoms with Gasteiger partial charge >= 0.3 is 84.4 Å². The Morgan fingerprint density at radius 3 is 1.39 bits per heavy atom. The second kappa shape index (κ2) is 30.2. The first-order valence-corrected chi connectivity index (χ1v) is 32.9. The Balaban J connectivity index is 1.58. The second-order valence-corrected chi connectivity index (χ2v) is 25.9. The number of carbonyl (C=O) groups is 2. The molecule has 51 nitrogen and oxygen atoms in total. The van der Waals surface area contributed by atoms with Crippen LogP contribution in [0.4, 0.5) is 0 Å². The Hall–Kier alpha value is -2.96. The maximum atomic E-state index is 13.0. The third-order valence-corrected chi connectivity index (χ3v) is 15.3. The maximum Gasteiger partial charge on any atom is 0.397 e. The van der Waals surface area contributed by atoms with Crippen LogP contribution >= 0.6 is 12.9 Å². The SMILES string of the molecule is O=C(O)[C@H]1O[C@@H](O[C@H]2[C@H](OOOOS)[C@@H](NS(=O)(=O)O)[C@@H](O[C@H]3[C@H](O)[C@@H](OS(=O)(=O)O)[C@H](O[C@H]4[C@H](O)C(NS(=O)(=O)O)=CO[C@@H]4COS(=O)(=O)O)O[C@H]3C(=O)O)O[C@@H]2COS(=O)(=O)O)[C@H](O)[C@@H](O)[C@@H]1O[C@H]1O[C@H](COS(=O)(=O)O)[C@@H](O)[C@H](O)[C@H]1NS(=O)(=O)O. The van der Waals surface area contributed by atoms with Crippen LogP contribution in [-0.4, -0.2) is 304 Å². The second-order valence-electron chi connectivity index (χ2n) is 17.9. The molecule has 0 bridgehead atoms. The molecule has 0 aliphatic carbocycles. The van der Waals surface area contributed by atoms with E-state index in [9.17, 15) is 132 Å². The minimum Gasteiger partial charge on any atom is -0.491 e. The summed E-state index contributed by atoms with van der Waals surface area (Å²) in [5.74, 6) is -4.75. The van der Waals surface area contributed by atoms with Gasteiger partial charge in [0.05, 0.1) is 18.9 Å². The van der Waals surface area contributed by atoms with Crippen LogP contribution in [0.1, 0.15) is 0 Å². The molecule has 0 unspecified atom stereocenters. The molecule has 4 saturated heterocycles. The van der Waals surface area contributed by atoms with Crippen molar-refractivity contribution in [2.45, 2.75) is 141 Å². The van der Waals surface area contributed by atoms with Crippen LogP contribution in [0.5, 0.6) is 0 Å². The van der Waals surface area contributed by atoms with Gasteiger partial charge in [0.15, 0.2) is 49.6 Å². The molecule has 0 spiro atoms. The fourth-order valence-corrected chi connectivity index (χ4v) is 11.5. The zero-order valence-electron chi connectivity index (χ0n) is 42.5. The predicted molar refractivity (Wildman–Crippen MR) is 256 cm³/mol. The van der Waals surface area contributed by atoms with Gasteiger partial charge in [-0.3, -0.25) is 36.6 Å². The number of hydrogen-bond acceptors (Lipinski definition) is 40. The van der Waals surface area contributed by atoms with E-state index >= 15 is 0 Å². The highest BCUT2D eigenvalue weighted by Gasteiger charge is 2.60. The largest absolute Gasteiger partial charge is 0.491 e. The van der Waals surface area contributed by atoms with E-state index in [1.54, 1.807) is 0 Å². The first-order chi connectivity index (χ1) is 40.6. The van der Waals surface area contributed by atoms with E-state index in [-0.39, 0.29) is 6.26 Å². The number of rotatable bonds is 31. The number of ether oxygens (including phenoxy) is 9. The Morgan fingerprint density at radius 2 is 0.910 bits per heavy atom. The number of aliphatic hydroxyl groups excluding tert-OH is 6. The number of carboxylic acids is 2. The average molecular weight is 1480 g/mol. The van der Waals surface area contributed by atoms with Crippen molar-refractivity contribution in [3.8, 4) is 0 Å². The summed E-state index contributed by atoms with van der Waals surface area (Å²) < 4.78 is 305. The molecule has 4 fully saturated rings. The van der Waals surface area contributed by atoms with Gasteiger partial charge in [-0.15, -0.1) is 4.33 Å². The third-order valence-electron chi connectivity index (χ3n) is 11.8. The number of aliphatic hydroxyl groups is 6. The minimum absolute atomic E-state index is 0.260. The van der Waals surface area contributed by atoms with E-state index in [4.69, 9.17) is 56.6 Å². The van der Waals surface area contributed by atoms with Crippen LogP contribution in [0, 0.1) is 0 Å². The number of aliphatic carboxylic acids is 2. The molecule has 0 saturated carbocycles. The normalized spacial score (nSPS) is 37.2. The lowest BCUT2D eigenvalue weighted by Crippen LogP contribution is -2.71. The molecule has 23 atom stereocenters. The van der Waals surface area contributed by atoms with Crippen molar-refractivity contribution in [3.05, 3.63) is 12.0 Å². The quantitative estimate of drug-likeness (QED) is 0.00765. The first kappa shape index (κ1) is 76.7. The molecule has 520 valence electrons. The molecular weight excluding hydrogens is 1430 g/mol. The number of hydrogen-bond donors (Lipinski definition) is 19. The van der Waals surface area contributed by atoms with Crippen LogP contribution in [-0.2, 0) is 161 Å². The van der Waals surface area contributed by atoms with Crippen LogP contribution in [0.2, 0.25) is 0 Å². The van der Waals surface area contributed by atoms with Crippen molar-refractivity contribution in [2.24, 2.45) is 0 Å². The molecule has 0 aromatic heterocycles. The molecule has 89 heavy (non-hydrogen) atoms. The van der Waals surface area contributed by atoms with E-state index < -0.39 is 251 Å². The highest BCUT2D eigenvalue weighted by molar-refractivity contribution is 7.84. The van der Waals surface area contributed by atoms with Crippen molar-refractivity contribution in [1.82, 2.24) is 14.2 Å². The van der Waals surface area contributed by atoms with E-state index in [1.165, 1.54) is 14.2 Å². The lowest BCUT2D eigenvalue weighted by Gasteiger charge is -2.50. The molecule has 5 aliphatic heterocycles. The topological polar surface area (TPSA) is 770 Å². The van der Waals surface area contributed by atoms with Crippen molar-refractivity contribution in [2.75, 3.05) is 19.8 Å². The minimum atomic E-state index is -6.09. The Bertz CT molecular complexity index is 3300. The van der Waals surface area contributed by atoms with Gasteiger partial charge in [-0.2, -0.15) is 73.3 Å². The van der Waals surface area contributed by atoms with Gasteiger partial charge in [0, 0.05) is 12.9 Å². The fraction of sp³-hybridized carbons (Fsp3) is 0.867. The molecular formula is C30H49N3O48S8. The summed E-state index contributed by atoms with van der Waals surface area (Å²) in [6.45, 7) is -4.80. The van der Waals surface area contributed by atoms with Crippen LogP contribution in [0.25, 0.3) is 0 Å². The van der Waals surface area contributed by atoms with Gasteiger partial charge < -0.3 is 83.5 Å². The van der Waals surface area contributed by atoms with E-state index in [0.29, 0.717) is 0 Å². The van der Waals surface area contributed by atoms with Gasteiger partial charge in [0.2, 0.25) is 0 Å². The Kier molecular flexibility index (Phi) is 26.0. The van der Waals surface area contributed by atoms with Gasteiger partial charge in [0.1, 0.15) is 104 Å². The van der Waals surface area contributed by atoms with Crippen LogP contribution in [0.3, 0.4) is 0 Å². The van der Waals surface area contributed by atoms with Crippen molar-refractivity contribution < 1.29 is 220 Å². The number of nitrogens with one attached hydrogen (secondary N) is 3. The van der Waals surface area contributed by atoms with Gasteiger partial charge in [0.25, 0.3) is 0 Å². The molecule has 0 amide bonds. The summed E-state index contributed by atoms with van der Waals surface area (Å²) in [6, 6.07) is -5.47. The highest BCUT2D eigenvalue weighted by Crippen LogP contribution is 2.38. The molecule has 18 N–H and O–H groups in total. The summed E-state index contributed by atoms with van der Waals surface area (Å²) in [5, 5.41) is 95.9. The summed E-state index contributed by atoms with van der Waals surface area (Å²) in [4.78, 5) is 30.7. The van der Waals surface area contributed by atoms with E-state index in [0.717, 1.165) is 0 Å². The summed E-state index contributed by atoms with van der Waals surface area (Å²) >= 11 is 3.15. The Labute approximate surface area is 502 Å². The van der Waals surface area contributed by atoms with E-state index in [2.05, 4.69) is 44.1 Å². The molecule has 5 rings (SSSR count). The smallest absolute Gasteiger partial charge is 0.397 e. The van der Waals surface area contributed by atoms with E-state index in [1.807, 2.05) is 0 Å². The molecule has 59 heteroatoms. The number of carboxylic acid groups (broad SMARTS) is 2. The number of thiol groups is 1. The highest BCUT2D eigenvalue weighted by atomic mass is 32.3. The molecule has 5 heterocycles. The van der Waals surface area contributed by atoms with Crippen molar-refractivity contribution in [1.29, 1.82) is 0 Å². The first-order valence-electron chi connectivity index (χ1n) is 22.8. The van der Waals surface area contributed by atoms with Gasteiger partial charge in [-0.1, -0.05) is 0 Å². The third kappa shape index (κ3) is 22.6. The zero-order valence-corrected chi connectivity index (χ0v) is 49.1. The lowest BCUT2D eigenvalue weighted by atomic mass is 9.94. The van der Waals surface area contributed by atoms with Crippen molar-refractivity contribution >= 4 is 97.4 Å². The Morgan fingerprint density at radius 1 is 0.461 bits per heavy atom. The van der Waals surface area contributed by atoms with Crippen LogP contribution < -0.4 is 14.2 Å². The molecule has 0 radical (unpaired) electrons. The summed E-state index contributed by atoms with van der Waals surface area (Å²) in [7, 11) is -39.7. The monoisotopic (exact) mass is 1470 g/mol. The van der Waals surface area contributed by atoms with Crippen LogP contribution in [0.15, 0.2) is 12.0 Å². The molecule has 0 aromatic carbocycles. The molecule has 0 aromatic rings. The maximum absolute atomic E-state index is 13.0. The average Bonchev–Trinajstić information content (AvgIpc) is 0.811. The summed E-state index contributed by atoms with van der Waals surface area (Å²) in [5.41, 5.74) is -1.15.